The van der Waals surface area contributed by atoms with E-state index in [1.807, 2.05) is 25.2 Å². The van der Waals surface area contributed by atoms with E-state index in [0.717, 1.165) is 27.6 Å². The molecule has 0 saturated heterocycles. The Morgan fingerprint density at radius 3 is 2.65 bits per heavy atom. The molecule has 6 heteroatoms. The van der Waals surface area contributed by atoms with Crippen LogP contribution in [0.15, 0.2) is 42.5 Å². The van der Waals surface area contributed by atoms with Crippen molar-refractivity contribution in [2.75, 3.05) is 7.05 Å². The lowest BCUT2D eigenvalue weighted by Crippen LogP contribution is -2.05. The second-order valence-electron chi connectivity index (χ2n) is 6.15. The summed E-state index contributed by atoms with van der Waals surface area (Å²) in [5.74, 6) is -1.39. The van der Waals surface area contributed by atoms with Gasteiger partial charge in [0.2, 0.25) is 0 Å². The minimum Gasteiger partial charge on any atom is -0.478 e. The SMILES string of the molecule is CNCc1ccc2c(-c3ccc(C(=O)O)cc3)c3c(nc2c1)COC3=O. The van der Waals surface area contributed by atoms with Gasteiger partial charge in [-0.25, -0.2) is 14.6 Å². The molecule has 0 amide bonds. The molecule has 0 atom stereocenters. The molecule has 0 fully saturated rings. The van der Waals surface area contributed by atoms with Crippen molar-refractivity contribution >= 4 is 22.8 Å². The summed E-state index contributed by atoms with van der Waals surface area (Å²) < 4.78 is 5.19. The Balaban J connectivity index is 1.98. The summed E-state index contributed by atoms with van der Waals surface area (Å²) in [7, 11) is 1.88. The van der Waals surface area contributed by atoms with Gasteiger partial charge >= 0.3 is 11.9 Å². The molecule has 0 bridgehead atoms. The highest BCUT2D eigenvalue weighted by atomic mass is 16.5. The van der Waals surface area contributed by atoms with Crippen LogP contribution >= 0.6 is 0 Å². The number of pyridine rings is 1. The normalized spacial score (nSPS) is 12.9. The van der Waals surface area contributed by atoms with E-state index < -0.39 is 11.9 Å². The van der Waals surface area contributed by atoms with Crippen LogP contribution in [-0.4, -0.2) is 29.1 Å². The number of nitrogens with zero attached hydrogens (tertiary/aromatic N) is 1. The van der Waals surface area contributed by atoms with Crippen LogP contribution in [-0.2, 0) is 17.9 Å². The molecule has 0 saturated carbocycles. The van der Waals surface area contributed by atoms with E-state index in [1.54, 1.807) is 12.1 Å². The molecule has 6 nitrogen and oxygen atoms in total. The summed E-state index contributed by atoms with van der Waals surface area (Å²) in [6.07, 6.45) is 0. The third-order valence-electron chi connectivity index (χ3n) is 4.47. The number of carboxylic acids is 1. The Hall–Kier alpha value is -3.25. The van der Waals surface area contributed by atoms with Crippen LogP contribution in [0, 0.1) is 0 Å². The number of rotatable bonds is 4. The zero-order valence-corrected chi connectivity index (χ0v) is 14.1. The van der Waals surface area contributed by atoms with Gasteiger partial charge in [0.15, 0.2) is 0 Å². The molecule has 1 aliphatic heterocycles. The average Bonchev–Trinajstić information content (AvgIpc) is 3.00. The maximum absolute atomic E-state index is 12.3. The van der Waals surface area contributed by atoms with E-state index in [-0.39, 0.29) is 12.2 Å². The van der Waals surface area contributed by atoms with Gasteiger partial charge in [-0.15, -0.1) is 0 Å². The van der Waals surface area contributed by atoms with E-state index in [2.05, 4.69) is 10.3 Å². The number of ether oxygens (including phenoxy) is 1. The maximum atomic E-state index is 12.3. The summed E-state index contributed by atoms with van der Waals surface area (Å²) in [5.41, 5.74) is 4.64. The van der Waals surface area contributed by atoms with Gasteiger partial charge in [-0.3, -0.25) is 0 Å². The van der Waals surface area contributed by atoms with Crippen molar-refractivity contribution in [3.63, 3.8) is 0 Å². The number of carbonyl (C=O) groups is 2. The molecule has 2 N–H and O–H groups in total. The van der Waals surface area contributed by atoms with E-state index in [0.29, 0.717) is 17.8 Å². The summed E-state index contributed by atoms with van der Waals surface area (Å²) >= 11 is 0. The van der Waals surface area contributed by atoms with E-state index in [4.69, 9.17) is 9.84 Å². The first-order chi connectivity index (χ1) is 12.6. The van der Waals surface area contributed by atoms with Crippen LogP contribution in [0.4, 0.5) is 0 Å². The predicted octanol–water partition coefficient (Wildman–Crippen LogP) is 2.99. The number of cyclic esters (lactones) is 1. The molecule has 1 aliphatic rings. The number of aromatic nitrogens is 1. The number of carbonyl (C=O) groups excluding carboxylic acids is 1. The summed E-state index contributed by atoms with van der Waals surface area (Å²) in [6, 6.07) is 12.4. The van der Waals surface area contributed by atoms with E-state index in [1.165, 1.54) is 12.1 Å². The Bertz CT molecular complexity index is 1040. The van der Waals surface area contributed by atoms with E-state index >= 15 is 0 Å². The Labute approximate surface area is 149 Å². The third kappa shape index (κ3) is 2.60. The topological polar surface area (TPSA) is 88.5 Å². The number of benzene rings is 2. The first kappa shape index (κ1) is 16.2. The molecule has 3 aromatic rings. The predicted molar refractivity (Wildman–Crippen MR) is 96.0 cm³/mol. The minimum absolute atomic E-state index is 0.153. The van der Waals surface area contributed by atoms with Crippen molar-refractivity contribution < 1.29 is 19.4 Å². The largest absolute Gasteiger partial charge is 0.478 e. The molecule has 0 aliphatic carbocycles. The van der Waals surface area contributed by atoms with Crippen molar-refractivity contribution in [1.29, 1.82) is 0 Å². The summed E-state index contributed by atoms with van der Waals surface area (Å²) in [5, 5.41) is 13.1. The Morgan fingerprint density at radius 2 is 1.96 bits per heavy atom. The standard InChI is InChI=1S/C20H16N2O4/c1-21-9-11-2-7-14-15(8-11)22-16-10-26-20(25)18(16)17(14)12-3-5-13(6-4-12)19(23)24/h2-8,21H,9-10H2,1H3,(H,23,24). The molecule has 0 unspecified atom stereocenters. The zero-order valence-electron chi connectivity index (χ0n) is 14.1. The number of nitrogens with one attached hydrogen (secondary N) is 1. The van der Waals surface area contributed by atoms with Gasteiger partial charge in [0, 0.05) is 17.5 Å². The molecule has 4 rings (SSSR count). The highest BCUT2D eigenvalue weighted by Crippen LogP contribution is 2.36. The Kier molecular flexibility index (Phi) is 3.89. The quantitative estimate of drug-likeness (QED) is 0.705. The highest BCUT2D eigenvalue weighted by Gasteiger charge is 2.29. The fourth-order valence-electron chi connectivity index (χ4n) is 3.29. The smallest absolute Gasteiger partial charge is 0.341 e. The number of aromatic carboxylic acids is 1. The number of esters is 1. The monoisotopic (exact) mass is 348 g/mol. The summed E-state index contributed by atoms with van der Waals surface area (Å²) in [6.45, 7) is 0.868. The fraction of sp³-hybridized carbons (Fsp3) is 0.150. The lowest BCUT2D eigenvalue weighted by Gasteiger charge is -2.12. The van der Waals surface area contributed by atoms with Crippen molar-refractivity contribution in [3.8, 4) is 11.1 Å². The number of carboxylic acid groups (broad SMARTS) is 1. The van der Waals surface area contributed by atoms with Crippen molar-refractivity contribution in [3.05, 3.63) is 64.8 Å². The molecule has 2 aromatic carbocycles. The van der Waals surface area contributed by atoms with Gasteiger partial charge in [0.25, 0.3) is 0 Å². The molecule has 0 spiro atoms. The van der Waals surface area contributed by atoms with Crippen LogP contribution in [0.3, 0.4) is 0 Å². The minimum atomic E-state index is -0.988. The average molecular weight is 348 g/mol. The van der Waals surface area contributed by atoms with Gasteiger partial charge in [0.05, 0.1) is 22.3 Å². The van der Waals surface area contributed by atoms with Gasteiger partial charge in [-0.1, -0.05) is 24.3 Å². The number of hydrogen-bond donors (Lipinski definition) is 2. The van der Waals surface area contributed by atoms with Crippen molar-refractivity contribution in [2.45, 2.75) is 13.2 Å². The summed E-state index contributed by atoms with van der Waals surface area (Å²) in [4.78, 5) is 28.0. The zero-order chi connectivity index (χ0) is 18.3. The molecule has 26 heavy (non-hydrogen) atoms. The first-order valence-electron chi connectivity index (χ1n) is 8.19. The van der Waals surface area contributed by atoms with Crippen LogP contribution < -0.4 is 5.32 Å². The molecule has 1 aromatic heterocycles. The lowest BCUT2D eigenvalue weighted by molar-refractivity contribution is 0.0533. The second-order valence-corrected chi connectivity index (χ2v) is 6.15. The van der Waals surface area contributed by atoms with E-state index in [9.17, 15) is 9.59 Å². The number of fused-ring (bicyclic) bond motifs is 2. The lowest BCUT2D eigenvalue weighted by atomic mass is 9.93. The fourth-order valence-corrected chi connectivity index (χ4v) is 3.29. The first-order valence-corrected chi connectivity index (χ1v) is 8.19. The maximum Gasteiger partial charge on any atom is 0.341 e. The third-order valence-corrected chi connectivity index (χ3v) is 4.47. The van der Waals surface area contributed by atoms with Gasteiger partial charge in [0.1, 0.15) is 6.61 Å². The van der Waals surface area contributed by atoms with Crippen LogP contribution in [0.5, 0.6) is 0 Å². The van der Waals surface area contributed by atoms with Crippen LogP contribution in [0.1, 0.15) is 32.0 Å². The highest BCUT2D eigenvalue weighted by molar-refractivity contribution is 6.09. The molecule has 2 heterocycles. The van der Waals surface area contributed by atoms with Crippen LogP contribution in [0.2, 0.25) is 0 Å². The van der Waals surface area contributed by atoms with Gasteiger partial charge in [-0.2, -0.15) is 0 Å². The van der Waals surface area contributed by atoms with Crippen molar-refractivity contribution in [2.24, 2.45) is 0 Å². The molecule has 130 valence electrons. The van der Waals surface area contributed by atoms with Gasteiger partial charge < -0.3 is 15.2 Å². The number of hydrogen-bond acceptors (Lipinski definition) is 5. The van der Waals surface area contributed by atoms with Crippen LogP contribution in [0.25, 0.3) is 22.0 Å². The van der Waals surface area contributed by atoms with Crippen molar-refractivity contribution in [1.82, 2.24) is 10.3 Å². The molecular formula is C20H16N2O4. The molecule has 0 radical (unpaired) electrons. The second kappa shape index (κ2) is 6.24. The molecular weight excluding hydrogens is 332 g/mol. The van der Waals surface area contributed by atoms with Gasteiger partial charge in [-0.05, 0) is 36.4 Å². The Morgan fingerprint density at radius 1 is 1.19 bits per heavy atom.